The normalized spacial score (nSPS) is 12.9. The zero-order chi connectivity index (χ0) is 14.7. The van der Waals surface area contributed by atoms with Crippen molar-refractivity contribution in [1.29, 1.82) is 0 Å². The lowest BCUT2D eigenvalue weighted by Gasteiger charge is -2.07. The van der Waals surface area contributed by atoms with Crippen LogP contribution in [0.4, 0.5) is 13.2 Å². The second kappa shape index (κ2) is 5.93. The molecule has 9 heteroatoms. The monoisotopic (exact) mass is 299 g/mol. The summed E-state index contributed by atoms with van der Waals surface area (Å²) in [6, 6.07) is 1.29. The minimum Gasteiger partial charge on any atom is -0.349 e. The molecule has 0 aromatic carbocycles. The first kappa shape index (κ1) is 16.0. The lowest BCUT2D eigenvalue weighted by molar-refractivity contribution is -0.121. The maximum atomic E-state index is 12.0. The van der Waals surface area contributed by atoms with Gasteiger partial charge in [0, 0.05) is 25.0 Å². The van der Waals surface area contributed by atoms with Crippen LogP contribution in [0.2, 0.25) is 0 Å². The molecule has 0 aliphatic heterocycles. The van der Waals surface area contributed by atoms with E-state index in [2.05, 4.69) is 0 Å². The van der Waals surface area contributed by atoms with Crippen molar-refractivity contribution in [3.63, 3.8) is 0 Å². The van der Waals surface area contributed by atoms with Crippen LogP contribution in [0.3, 0.4) is 0 Å². The summed E-state index contributed by atoms with van der Waals surface area (Å²) in [7, 11) is -4.17. The van der Waals surface area contributed by atoms with E-state index in [1.165, 1.54) is 17.0 Å². The molecule has 5 nitrogen and oxygen atoms in total. The first-order valence-corrected chi connectivity index (χ1v) is 7.13. The van der Waals surface area contributed by atoms with Gasteiger partial charge in [0.25, 0.3) is 0 Å². The molecule has 0 amide bonds. The summed E-state index contributed by atoms with van der Waals surface area (Å²) in [5, 5.41) is 0. The van der Waals surface area contributed by atoms with Crippen molar-refractivity contribution in [3.8, 4) is 0 Å². The SMILES string of the molecule is CCCn1cc(S(=O)(=O)NCC(F)(F)F)cc1CN. The fraction of sp³-hybridized carbons (Fsp3) is 0.600. The van der Waals surface area contributed by atoms with E-state index in [4.69, 9.17) is 5.73 Å². The van der Waals surface area contributed by atoms with Crippen molar-refractivity contribution in [1.82, 2.24) is 9.29 Å². The van der Waals surface area contributed by atoms with Gasteiger partial charge in [0.2, 0.25) is 10.0 Å². The number of aryl methyl sites for hydroxylation is 1. The molecule has 0 saturated heterocycles. The topological polar surface area (TPSA) is 77.1 Å². The number of aromatic nitrogens is 1. The third-order valence-electron chi connectivity index (χ3n) is 2.41. The lowest BCUT2D eigenvalue weighted by atomic mass is 10.4. The molecule has 0 aliphatic carbocycles. The highest BCUT2D eigenvalue weighted by molar-refractivity contribution is 7.89. The van der Waals surface area contributed by atoms with Crippen LogP contribution in [0.5, 0.6) is 0 Å². The molecule has 19 heavy (non-hydrogen) atoms. The molecule has 0 spiro atoms. The minimum atomic E-state index is -4.59. The van der Waals surface area contributed by atoms with E-state index in [0.717, 1.165) is 6.42 Å². The van der Waals surface area contributed by atoms with Crippen molar-refractivity contribution in [2.75, 3.05) is 6.54 Å². The number of nitrogens with zero attached hydrogens (tertiary/aromatic N) is 1. The van der Waals surface area contributed by atoms with E-state index in [1.54, 1.807) is 4.57 Å². The quantitative estimate of drug-likeness (QED) is 0.828. The van der Waals surface area contributed by atoms with Crippen LogP contribution in [0.25, 0.3) is 0 Å². The number of nitrogens with two attached hydrogens (primary N) is 1. The zero-order valence-electron chi connectivity index (χ0n) is 10.4. The Morgan fingerprint density at radius 1 is 1.42 bits per heavy atom. The summed E-state index contributed by atoms with van der Waals surface area (Å²) in [6.45, 7) is 0.985. The first-order valence-electron chi connectivity index (χ1n) is 5.65. The molecule has 1 aromatic rings. The van der Waals surface area contributed by atoms with Crippen LogP contribution in [0, 0.1) is 0 Å². The molecular weight excluding hydrogens is 283 g/mol. The van der Waals surface area contributed by atoms with Gasteiger partial charge in [0.05, 0.1) is 4.90 Å². The lowest BCUT2D eigenvalue weighted by Crippen LogP contribution is -2.33. The van der Waals surface area contributed by atoms with E-state index in [9.17, 15) is 21.6 Å². The van der Waals surface area contributed by atoms with Crippen LogP contribution in [0.1, 0.15) is 19.0 Å². The number of rotatable bonds is 6. The molecule has 0 unspecified atom stereocenters. The van der Waals surface area contributed by atoms with Crippen molar-refractivity contribution >= 4 is 10.0 Å². The average Bonchev–Trinajstić information content (AvgIpc) is 2.70. The molecule has 3 N–H and O–H groups in total. The highest BCUT2D eigenvalue weighted by Crippen LogP contribution is 2.17. The maximum Gasteiger partial charge on any atom is 0.402 e. The van der Waals surface area contributed by atoms with Gasteiger partial charge in [-0.05, 0) is 12.5 Å². The van der Waals surface area contributed by atoms with E-state index >= 15 is 0 Å². The second-order valence-electron chi connectivity index (χ2n) is 4.00. The van der Waals surface area contributed by atoms with Gasteiger partial charge in [0.15, 0.2) is 0 Å². The van der Waals surface area contributed by atoms with Crippen molar-refractivity contribution in [2.45, 2.75) is 37.5 Å². The van der Waals surface area contributed by atoms with E-state index in [-0.39, 0.29) is 11.4 Å². The van der Waals surface area contributed by atoms with Gasteiger partial charge in [-0.15, -0.1) is 0 Å². The van der Waals surface area contributed by atoms with Crippen LogP contribution in [-0.4, -0.2) is 25.7 Å². The largest absolute Gasteiger partial charge is 0.402 e. The van der Waals surface area contributed by atoms with Gasteiger partial charge in [-0.1, -0.05) is 6.92 Å². The van der Waals surface area contributed by atoms with Gasteiger partial charge in [-0.2, -0.15) is 13.2 Å². The molecule has 1 rings (SSSR count). The average molecular weight is 299 g/mol. The smallest absolute Gasteiger partial charge is 0.349 e. The van der Waals surface area contributed by atoms with E-state index in [0.29, 0.717) is 12.2 Å². The summed E-state index contributed by atoms with van der Waals surface area (Å²) in [4.78, 5) is -0.203. The zero-order valence-corrected chi connectivity index (χ0v) is 11.2. The highest BCUT2D eigenvalue weighted by atomic mass is 32.2. The second-order valence-corrected chi connectivity index (χ2v) is 5.77. The van der Waals surface area contributed by atoms with Crippen LogP contribution < -0.4 is 10.5 Å². The maximum absolute atomic E-state index is 12.0. The minimum absolute atomic E-state index is 0.120. The predicted molar refractivity (Wildman–Crippen MR) is 63.9 cm³/mol. The molecule has 0 saturated carbocycles. The van der Waals surface area contributed by atoms with Crippen molar-refractivity contribution in [2.24, 2.45) is 5.73 Å². The molecule has 1 heterocycles. The summed E-state index contributed by atoms with van der Waals surface area (Å²) in [5.74, 6) is 0. The number of alkyl halides is 3. The Hall–Kier alpha value is -1.06. The Bertz CT molecular complexity index is 523. The van der Waals surface area contributed by atoms with Crippen molar-refractivity contribution < 1.29 is 21.6 Å². The van der Waals surface area contributed by atoms with Crippen molar-refractivity contribution in [3.05, 3.63) is 18.0 Å². The van der Waals surface area contributed by atoms with Gasteiger partial charge < -0.3 is 10.3 Å². The highest BCUT2D eigenvalue weighted by Gasteiger charge is 2.30. The Morgan fingerprint density at radius 2 is 2.05 bits per heavy atom. The summed E-state index contributed by atoms with van der Waals surface area (Å²) >= 11 is 0. The summed E-state index contributed by atoms with van der Waals surface area (Å²) in [5.41, 5.74) is 6.03. The predicted octanol–water partition coefficient (Wildman–Crippen LogP) is 1.20. The van der Waals surface area contributed by atoms with Gasteiger partial charge in [0.1, 0.15) is 6.54 Å². The van der Waals surface area contributed by atoms with Gasteiger partial charge in [-0.25, -0.2) is 13.1 Å². The molecule has 0 radical (unpaired) electrons. The standard InChI is InChI=1S/C10H16F3N3O2S/c1-2-3-16-6-9(4-8(16)5-14)19(17,18)15-7-10(11,12)13/h4,6,15H,2-3,5,7,14H2,1H3. The first-order chi connectivity index (χ1) is 8.69. The fourth-order valence-electron chi connectivity index (χ4n) is 1.55. The van der Waals surface area contributed by atoms with Crippen LogP contribution in [-0.2, 0) is 23.1 Å². The Morgan fingerprint density at radius 3 is 2.53 bits per heavy atom. The Balaban J connectivity index is 2.95. The Labute approximate surface area is 109 Å². The fourth-order valence-corrected chi connectivity index (χ4v) is 2.63. The number of hydrogen-bond acceptors (Lipinski definition) is 3. The molecule has 0 fully saturated rings. The summed E-state index contributed by atoms with van der Waals surface area (Å²) in [6.07, 6.45) is -2.53. The Kier molecular flexibility index (Phi) is 4.99. The molecule has 1 aromatic heterocycles. The number of halogens is 3. The number of sulfonamides is 1. The van der Waals surface area contributed by atoms with E-state index in [1.807, 2.05) is 6.92 Å². The molecule has 0 atom stereocenters. The van der Waals surface area contributed by atoms with Gasteiger partial charge >= 0.3 is 6.18 Å². The molecular formula is C10H16F3N3O2S. The number of nitrogens with one attached hydrogen (secondary N) is 1. The summed E-state index contributed by atoms with van der Waals surface area (Å²) < 4.78 is 62.6. The van der Waals surface area contributed by atoms with Crippen LogP contribution >= 0.6 is 0 Å². The number of hydrogen-bond donors (Lipinski definition) is 2. The van der Waals surface area contributed by atoms with Crippen LogP contribution in [0.15, 0.2) is 17.2 Å². The molecule has 0 aliphatic rings. The third kappa shape index (κ3) is 4.51. The van der Waals surface area contributed by atoms with E-state index < -0.39 is 22.7 Å². The molecule has 110 valence electrons. The molecule has 0 bridgehead atoms. The third-order valence-corrected chi connectivity index (χ3v) is 3.78. The van der Waals surface area contributed by atoms with Gasteiger partial charge in [-0.3, -0.25) is 0 Å².